The lowest BCUT2D eigenvalue weighted by Crippen LogP contribution is -2.32. The summed E-state index contributed by atoms with van der Waals surface area (Å²) in [7, 11) is 0. The Bertz CT molecular complexity index is 722. The van der Waals surface area contributed by atoms with Crippen LogP contribution in [-0.4, -0.2) is 63.5 Å². The largest absolute Gasteiger partial charge is 0.381 e. The molecule has 0 bridgehead atoms. The molecule has 1 N–H and O–H groups in total. The van der Waals surface area contributed by atoms with Crippen LogP contribution < -0.4 is 10.2 Å². The maximum atomic E-state index is 12.1. The van der Waals surface area contributed by atoms with E-state index in [2.05, 4.69) is 25.3 Å². The maximum absolute atomic E-state index is 12.1. The zero-order chi connectivity index (χ0) is 17.1. The van der Waals surface area contributed by atoms with Crippen LogP contribution in [0, 0.1) is 5.92 Å². The molecule has 1 amide bonds. The minimum atomic E-state index is -0.0819. The van der Waals surface area contributed by atoms with Crippen LogP contribution in [0.3, 0.4) is 0 Å². The molecular weight excluding hydrogens is 340 g/mol. The number of ether oxygens (including phenoxy) is 1. The van der Waals surface area contributed by atoms with Gasteiger partial charge >= 0.3 is 0 Å². The topological polar surface area (TPSA) is 85.2 Å². The van der Waals surface area contributed by atoms with Crippen molar-refractivity contribution in [1.29, 1.82) is 0 Å². The first-order chi connectivity index (χ1) is 12.3. The van der Waals surface area contributed by atoms with Gasteiger partial charge in [0.2, 0.25) is 5.91 Å². The molecule has 2 aliphatic heterocycles. The molecule has 0 unspecified atom stereocenters. The highest BCUT2D eigenvalue weighted by Crippen LogP contribution is 2.19. The van der Waals surface area contributed by atoms with E-state index >= 15 is 0 Å². The summed E-state index contributed by atoms with van der Waals surface area (Å²) in [5.41, 5.74) is 1.67. The fourth-order valence-electron chi connectivity index (χ4n) is 2.90. The van der Waals surface area contributed by atoms with E-state index in [1.54, 1.807) is 17.1 Å². The SMILES string of the molecule is O=C(Nc1cnn(-c2ncc(N3CCSCC3)cn2)c1)[C@H]1CCOC1. The molecule has 0 aromatic carbocycles. The van der Waals surface area contributed by atoms with E-state index in [1.165, 1.54) is 0 Å². The molecule has 4 rings (SSSR count). The fraction of sp³-hybridized carbons (Fsp3) is 0.500. The number of carbonyl (C=O) groups excluding carboxylic acids is 1. The number of hydrogen-bond donors (Lipinski definition) is 1. The van der Waals surface area contributed by atoms with Crippen LogP contribution in [-0.2, 0) is 9.53 Å². The van der Waals surface area contributed by atoms with E-state index in [0.717, 1.165) is 36.7 Å². The van der Waals surface area contributed by atoms with Crippen molar-refractivity contribution in [2.75, 3.05) is 48.0 Å². The Labute approximate surface area is 150 Å². The third-order valence-corrected chi connectivity index (χ3v) is 5.30. The predicted octanol–water partition coefficient (Wildman–Crippen LogP) is 1.19. The molecule has 0 spiro atoms. The quantitative estimate of drug-likeness (QED) is 0.876. The van der Waals surface area contributed by atoms with E-state index in [-0.39, 0.29) is 11.8 Å². The first kappa shape index (κ1) is 16.3. The maximum Gasteiger partial charge on any atom is 0.250 e. The molecule has 2 aliphatic rings. The molecule has 0 radical (unpaired) electrons. The normalized spacial score (nSPS) is 20.6. The molecule has 2 fully saturated rings. The van der Waals surface area contributed by atoms with Crippen molar-refractivity contribution in [3.8, 4) is 5.95 Å². The highest BCUT2D eigenvalue weighted by molar-refractivity contribution is 7.99. The smallest absolute Gasteiger partial charge is 0.250 e. The minimum absolute atomic E-state index is 0.0312. The molecule has 25 heavy (non-hydrogen) atoms. The number of nitrogens with one attached hydrogen (secondary N) is 1. The average Bonchev–Trinajstić information content (AvgIpc) is 3.35. The van der Waals surface area contributed by atoms with Gasteiger partial charge in [0.15, 0.2) is 0 Å². The summed E-state index contributed by atoms with van der Waals surface area (Å²) in [6, 6.07) is 0. The Morgan fingerprint density at radius 1 is 1.24 bits per heavy atom. The first-order valence-electron chi connectivity index (χ1n) is 8.38. The molecule has 0 saturated carbocycles. The Morgan fingerprint density at radius 2 is 2.04 bits per heavy atom. The third-order valence-electron chi connectivity index (χ3n) is 4.36. The van der Waals surface area contributed by atoms with Gasteiger partial charge in [-0.3, -0.25) is 4.79 Å². The lowest BCUT2D eigenvalue weighted by molar-refractivity contribution is -0.119. The van der Waals surface area contributed by atoms with Crippen LogP contribution >= 0.6 is 11.8 Å². The summed E-state index contributed by atoms with van der Waals surface area (Å²) in [5.74, 6) is 2.64. The molecule has 4 heterocycles. The van der Waals surface area contributed by atoms with Gasteiger partial charge in [-0.2, -0.15) is 16.9 Å². The number of hydrogen-bond acceptors (Lipinski definition) is 7. The summed E-state index contributed by atoms with van der Waals surface area (Å²) >= 11 is 1.97. The molecule has 2 aromatic heterocycles. The summed E-state index contributed by atoms with van der Waals surface area (Å²) < 4.78 is 6.81. The van der Waals surface area contributed by atoms with Crippen LogP contribution in [0.5, 0.6) is 0 Å². The molecule has 132 valence electrons. The van der Waals surface area contributed by atoms with Crippen molar-refractivity contribution >= 4 is 29.0 Å². The third kappa shape index (κ3) is 3.77. The summed E-state index contributed by atoms with van der Waals surface area (Å²) in [6.07, 6.45) is 7.74. The van der Waals surface area contributed by atoms with Gasteiger partial charge in [-0.05, 0) is 6.42 Å². The Balaban J connectivity index is 1.41. The van der Waals surface area contributed by atoms with Crippen LogP contribution in [0.4, 0.5) is 11.4 Å². The predicted molar refractivity (Wildman–Crippen MR) is 96.2 cm³/mol. The fourth-order valence-corrected chi connectivity index (χ4v) is 3.80. The second kappa shape index (κ2) is 7.40. The highest BCUT2D eigenvalue weighted by atomic mass is 32.2. The number of amides is 1. The van der Waals surface area contributed by atoms with E-state index in [9.17, 15) is 4.79 Å². The van der Waals surface area contributed by atoms with Crippen LogP contribution in [0.2, 0.25) is 0 Å². The second-order valence-corrected chi connectivity index (χ2v) is 7.29. The standard InChI is InChI=1S/C16H20N6O2S/c23-15(12-1-4-24-11-12)20-13-7-19-22(10-13)16-17-8-14(9-18-16)21-2-5-25-6-3-21/h7-10,12H,1-6,11H2,(H,20,23)/t12-/m0/s1. The summed E-state index contributed by atoms with van der Waals surface area (Å²) in [6.45, 7) is 3.18. The molecule has 0 aliphatic carbocycles. The Kier molecular flexibility index (Phi) is 4.84. The summed E-state index contributed by atoms with van der Waals surface area (Å²) in [5, 5.41) is 7.11. The van der Waals surface area contributed by atoms with Crippen molar-refractivity contribution in [3.63, 3.8) is 0 Å². The lowest BCUT2D eigenvalue weighted by Gasteiger charge is -2.27. The molecular formula is C16H20N6O2S. The summed E-state index contributed by atoms with van der Waals surface area (Å²) in [4.78, 5) is 23.2. The van der Waals surface area contributed by atoms with Gasteiger partial charge in [0.1, 0.15) is 0 Å². The number of carbonyl (C=O) groups is 1. The molecule has 2 aromatic rings. The zero-order valence-electron chi connectivity index (χ0n) is 13.8. The van der Waals surface area contributed by atoms with E-state index in [1.807, 2.05) is 24.2 Å². The Hall–Kier alpha value is -2.13. The monoisotopic (exact) mass is 360 g/mol. The lowest BCUT2D eigenvalue weighted by atomic mass is 10.1. The van der Waals surface area contributed by atoms with E-state index in [0.29, 0.717) is 24.8 Å². The molecule has 1 atom stereocenters. The van der Waals surface area contributed by atoms with Crippen molar-refractivity contribution < 1.29 is 9.53 Å². The van der Waals surface area contributed by atoms with Crippen molar-refractivity contribution in [2.45, 2.75) is 6.42 Å². The minimum Gasteiger partial charge on any atom is -0.381 e. The molecule has 2 saturated heterocycles. The van der Waals surface area contributed by atoms with E-state index in [4.69, 9.17) is 4.74 Å². The van der Waals surface area contributed by atoms with Crippen molar-refractivity contribution in [2.24, 2.45) is 5.92 Å². The van der Waals surface area contributed by atoms with Crippen LogP contribution in [0.15, 0.2) is 24.8 Å². The van der Waals surface area contributed by atoms with Gasteiger partial charge in [0.25, 0.3) is 5.95 Å². The van der Waals surface area contributed by atoms with Gasteiger partial charge < -0.3 is 15.0 Å². The number of aromatic nitrogens is 4. The number of nitrogens with zero attached hydrogens (tertiary/aromatic N) is 5. The van der Waals surface area contributed by atoms with Crippen LogP contribution in [0.25, 0.3) is 5.95 Å². The van der Waals surface area contributed by atoms with Crippen molar-refractivity contribution in [3.05, 3.63) is 24.8 Å². The van der Waals surface area contributed by atoms with Gasteiger partial charge in [0, 0.05) is 31.2 Å². The Morgan fingerprint density at radius 3 is 2.76 bits per heavy atom. The molecule has 9 heteroatoms. The highest BCUT2D eigenvalue weighted by Gasteiger charge is 2.23. The van der Waals surface area contributed by atoms with Crippen LogP contribution in [0.1, 0.15) is 6.42 Å². The first-order valence-corrected chi connectivity index (χ1v) is 9.53. The number of rotatable bonds is 4. The van der Waals surface area contributed by atoms with Crippen molar-refractivity contribution in [1.82, 2.24) is 19.7 Å². The zero-order valence-corrected chi connectivity index (χ0v) is 14.6. The van der Waals surface area contributed by atoms with Gasteiger partial charge in [-0.1, -0.05) is 0 Å². The second-order valence-electron chi connectivity index (χ2n) is 6.06. The molecule has 8 nitrogen and oxygen atoms in total. The number of anilines is 2. The van der Waals surface area contributed by atoms with E-state index < -0.39 is 0 Å². The van der Waals surface area contributed by atoms with Gasteiger partial charge in [-0.15, -0.1) is 0 Å². The van der Waals surface area contributed by atoms with Gasteiger partial charge in [-0.25, -0.2) is 14.6 Å². The van der Waals surface area contributed by atoms with Gasteiger partial charge in [0.05, 0.1) is 48.7 Å². The average molecular weight is 360 g/mol. The number of thioether (sulfide) groups is 1.